The van der Waals surface area contributed by atoms with E-state index in [2.05, 4.69) is 5.10 Å². The van der Waals surface area contributed by atoms with Crippen LogP contribution in [0.5, 0.6) is 0 Å². The Bertz CT molecular complexity index is 545. The molecule has 0 aliphatic rings. The molecule has 0 unspecified atom stereocenters. The minimum Gasteiger partial charge on any atom is -0.294 e. The molecule has 0 radical (unpaired) electrons. The lowest BCUT2D eigenvalue weighted by Crippen LogP contribution is -1.99. The zero-order valence-electron chi connectivity index (χ0n) is 9.33. The number of pyridine rings is 1. The molecule has 4 heteroatoms. The molecular formula is C12H13ClN2O. The van der Waals surface area contributed by atoms with Gasteiger partial charge >= 0.3 is 0 Å². The van der Waals surface area contributed by atoms with E-state index in [0.29, 0.717) is 11.4 Å². The van der Waals surface area contributed by atoms with Crippen LogP contribution >= 0.6 is 11.6 Å². The highest BCUT2D eigenvalue weighted by Crippen LogP contribution is 2.20. The van der Waals surface area contributed by atoms with E-state index < -0.39 is 0 Å². The summed E-state index contributed by atoms with van der Waals surface area (Å²) in [5.41, 5.74) is 2.42. The van der Waals surface area contributed by atoms with E-state index in [-0.39, 0.29) is 5.78 Å². The molecule has 0 aliphatic carbocycles. The molecule has 2 rings (SSSR count). The fourth-order valence-electron chi connectivity index (χ4n) is 1.80. The Balaban J connectivity index is 2.73. The van der Waals surface area contributed by atoms with Crippen molar-refractivity contribution in [3.05, 3.63) is 34.6 Å². The maximum atomic E-state index is 11.9. The molecule has 0 saturated heterocycles. The predicted molar refractivity (Wildman–Crippen MR) is 64.2 cm³/mol. The number of Topliss-reactive ketones (excluding diaryl/α,β-unsaturated/α-hetero) is 1. The summed E-state index contributed by atoms with van der Waals surface area (Å²) in [4.78, 5) is 11.9. The first kappa shape index (κ1) is 11.1. The quantitative estimate of drug-likeness (QED) is 0.768. The van der Waals surface area contributed by atoms with E-state index in [1.165, 1.54) is 0 Å². The molecule has 0 spiro atoms. The number of carbonyl (C=O) groups is 1. The van der Waals surface area contributed by atoms with Gasteiger partial charge in [0.25, 0.3) is 0 Å². The third kappa shape index (κ3) is 1.71. The fourth-order valence-corrected chi connectivity index (χ4v) is 1.96. The zero-order valence-corrected chi connectivity index (χ0v) is 10.1. The summed E-state index contributed by atoms with van der Waals surface area (Å²) < 4.78 is 1.68. The van der Waals surface area contributed by atoms with Gasteiger partial charge in [0.15, 0.2) is 5.78 Å². The van der Waals surface area contributed by atoms with E-state index in [0.717, 1.165) is 23.2 Å². The summed E-state index contributed by atoms with van der Waals surface area (Å²) >= 11 is 5.89. The van der Waals surface area contributed by atoms with Crippen molar-refractivity contribution < 1.29 is 4.79 Å². The Hall–Kier alpha value is -1.35. The number of halogens is 1. The zero-order chi connectivity index (χ0) is 11.7. The van der Waals surface area contributed by atoms with E-state index in [1.807, 2.05) is 19.9 Å². The van der Waals surface area contributed by atoms with Crippen molar-refractivity contribution in [1.82, 2.24) is 9.61 Å². The molecule has 0 saturated carbocycles. The van der Waals surface area contributed by atoms with Gasteiger partial charge < -0.3 is 0 Å². The summed E-state index contributed by atoms with van der Waals surface area (Å²) in [5.74, 6) is 0.133. The van der Waals surface area contributed by atoms with Crippen LogP contribution in [0.2, 0.25) is 5.02 Å². The molecule has 2 heterocycles. The summed E-state index contributed by atoms with van der Waals surface area (Å²) in [6, 6.07) is 3.63. The Labute approximate surface area is 99.0 Å². The van der Waals surface area contributed by atoms with Crippen molar-refractivity contribution in [1.29, 1.82) is 0 Å². The number of ketones is 1. The van der Waals surface area contributed by atoms with Crippen molar-refractivity contribution in [2.75, 3.05) is 0 Å². The third-order valence-corrected chi connectivity index (χ3v) is 2.82. The molecule has 2 aromatic heterocycles. The molecule has 3 nitrogen and oxygen atoms in total. The van der Waals surface area contributed by atoms with Gasteiger partial charge in [-0.3, -0.25) is 4.79 Å². The first-order valence-electron chi connectivity index (χ1n) is 5.37. The molecular weight excluding hydrogens is 224 g/mol. The lowest BCUT2D eigenvalue weighted by Gasteiger charge is -1.97. The highest BCUT2D eigenvalue weighted by atomic mass is 35.5. The van der Waals surface area contributed by atoms with Gasteiger partial charge in [-0.2, -0.15) is 5.10 Å². The van der Waals surface area contributed by atoms with Crippen molar-refractivity contribution in [3.8, 4) is 0 Å². The van der Waals surface area contributed by atoms with Crippen LogP contribution in [0.15, 0.2) is 18.3 Å². The Morgan fingerprint density at radius 1 is 1.44 bits per heavy atom. The molecule has 0 atom stereocenters. The van der Waals surface area contributed by atoms with Crippen LogP contribution in [0, 0.1) is 0 Å². The molecule has 0 aromatic carbocycles. The number of hydrogen-bond acceptors (Lipinski definition) is 2. The van der Waals surface area contributed by atoms with Gasteiger partial charge in [0.2, 0.25) is 0 Å². The lowest BCUT2D eigenvalue weighted by atomic mass is 10.1. The summed E-state index contributed by atoms with van der Waals surface area (Å²) in [7, 11) is 0. The normalized spacial score (nSPS) is 10.9. The second-order valence-corrected chi connectivity index (χ2v) is 4.07. The Kier molecular flexibility index (Phi) is 2.97. The van der Waals surface area contributed by atoms with Gasteiger partial charge in [-0.05, 0) is 18.6 Å². The molecule has 16 heavy (non-hydrogen) atoms. The van der Waals surface area contributed by atoms with E-state index in [9.17, 15) is 4.79 Å². The van der Waals surface area contributed by atoms with Crippen molar-refractivity contribution in [2.24, 2.45) is 0 Å². The number of rotatable bonds is 3. The van der Waals surface area contributed by atoms with E-state index in [4.69, 9.17) is 11.6 Å². The second kappa shape index (κ2) is 4.26. The largest absolute Gasteiger partial charge is 0.294 e. The Morgan fingerprint density at radius 2 is 2.19 bits per heavy atom. The monoisotopic (exact) mass is 236 g/mol. The minimum atomic E-state index is 0.133. The first-order valence-corrected chi connectivity index (χ1v) is 5.75. The number of nitrogens with zero attached hydrogens (tertiary/aromatic N) is 2. The number of fused-ring (bicyclic) bond motifs is 1. The summed E-state index contributed by atoms with van der Waals surface area (Å²) in [6.45, 7) is 3.86. The molecule has 0 aliphatic heterocycles. The summed E-state index contributed by atoms with van der Waals surface area (Å²) in [5, 5.41) is 4.99. The van der Waals surface area contributed by atoms with Crippen molar-refractivity contribution in [2.45, 2.75) is 26.7 Å². The van der Waals surface area contributed by atoms with Gasteiger partial charge in [0.1, 0.15) is 0 Å². The lowest BCUT2D eigenvalue weighted by molar-refractivity contribution is 0.0989. The van der Waals surface area contributed by atoms with Gasteiger partial charge in [0.05, 0.1) is 21.8 Å². The van der Waals surface area contributed by atoms with Gasteiger partial charge in [-0.15, -0.1) is 0 Å². The van der Waals surface area contributed by atoms with Gasteiger partial charge in [-0.25, -0.2) is 4.52 Å². The predicted octanol–water partition coefficient (Wildman–Crippen LogP) is 3.14. The fraction of sp³-hybridized carbons (Fsp3) is 0.333. The van der Waals surface area contributed by atoms with Gasteiger partial charge in [0, 0.05) is 12.6 Å². The van der Waals surface area contributed by atoms with Crippen LogP contribution in [0.3, 0.4) is 0 Å². The van der Waals surface area contributed by atoms with Crippen LogP contribution in [-0.4, -0.2) is 15.4 Å². The van der Waals surface area contributed by atoms with Gasteiger partial charge in [-0.1, -0.05) is 25.4 Å². The molecule has 0 fully saturated rings. The first-order chi connectivity index (χ1) is 7.67. The average molecular weight is 237 g/mol. The van der Waals surface area contributed by atoms with Crippen LogP contribution in [0.1, 0.15) is 36.3 Å². The average Bonchev–Trinajstić information content (AvgIpc) is 2.65. The minimum absolute atomic E-state index is 0.133. The third-order valence-electron chi connectivity index (χ3n) is 2.60. The van der Waals surface area contributed by atoms with Crippen LogP contribution in [-0.2, 0) is 6.42 Å². The van der Waals surface area contributed by atoms with E-state index in [1.54, 1.807) is 16.8 Å². The summed E-state index contributed by atoms with van der Waals surface area (Å²) in [6.07, 6.45) is 2.97. The van der Waals surface area contributed by atoms with E-state index >= 15 is 0 Å². The second-order valence-electron chi connectivity index (χ2n) is 3.63. The standard InChI is InChI=1S/C12H13ClN2O/c1-3-9-12(11(16)4-2)10-6-5-8(13)7-15(10)14-9/h5-7H,3-4H2,1-2H3. The maximum Gasteiger partial charge on any atom is 0.166 e. The molecule has 0 amide bonds. The number of aromatic nitrogens is 2. The highest BCUT2D eigenvalue weighted by Gasteiger charge is 2.16. The van der Waals surface area contributed by atoms with Crippen LogP contribution in [0.25, 0.3) is 5.52 Å². The smallest absolute Gasteiger partial charge is 0.166 e. The Morgan fingerprint density at radius 3 is 2.81 bits per heavy atom. The topological polar surface area (TPSA) is 34.4 Å². The highest BCUT2D eigenvalue weighted by molar-refractivity contribution is 6.30. The van der Waals surface area contributed by atoms with Crippen molar-refractivity contribution >= 4 is 22.9 Å². The number of carbonyl (C=O) groups excluding carboxylic acids is 1. The van der Waals surface area contributed by atoms with Crippen LogP contribution in [0.4, 0.5) is 0 Å². The molecule has 84 valence electrons. The maximum absolute atomic E-state index is 11.9. The number of aryl methyl sites for hydroxylation is 1. The van der Waals surface area contributed by atoms with Crippen LogP contribution < -0.4 is 0 Å². The molecule has 0 N–H and O–H groups in total. The molecule has 2 aromatic rings. The SMILES string of the molecule is CCC(=O)c1c(CC)nn2cc(Cl)ccc12. The van der Waals surface area contributed by atoms with Crippen molar-refractivity contribution in [3.63, 3.8) is 0 Å². The molecule has 0 bridgehead atoms. The number of hydrogen-bond donors (Lipinski definition) is 0.